The summed E-state index contributed by atoms with van der Waals surface area (Å²) in [7, 11) is 0. The predicted octanol–water partition coefficient (Wildman–Crippen LogP) is 1.00. The number of carbonyl (C=O) groups is 1. The minimum absolute atomic E-state index is 0.0764. The van der Waals surface area contributed by atoms with E-state index in [0.717, 1.165) is 0 Å². The van der Waals surface area contributed by atoms with Gasteiger partial charge in [-0.05, 0) is 19.1 Å². The van der Waals surface area contributed by atoms with Gasteiger partial charge in [-0.2, -0.15) is 5.10 Å². The third-order valence-corrected chi connectivity index (χ3v) is 2.57. The normalized spacial score (nSPS) is 10.2. The molecule has 0 aliphatic heterocycles. The number of benzene rings is 1. The Morgan fingerprint density at radius 2 is 2.30 bits per heavy atom. The fraction of sp³-hybridized carbons (Fsp3) is 0.308. The molecule has 0 bridgehead atoms. The van der Waals surface area contributed by atoms with E-state index < -0.39 is 5.97 Å². The molecular formula is C13H16N4O3. The zero-order chi connectivity index (χ0) is 14.4. The first-order valence-electron chi connectivity index (χ1n) is 6.19. The summed E-state index contributed by atoms with van der Waals surface area (Å²) in [6.45, 7) is 2.51. The minimum atomic E-state index is -0.474. The lowest BCUT2D eigenvalue weighted by Gasteiger charge is -2.07. The summed E-state index contributed by atoms with van der Waals surface area (Å²) in [5.74, 6) is 0.654. The van der Waals surface area contributed by atoms with E-state index in [1.807, 2.05) is 6.92 Å². The summed E-state index contributed by atoms with van der Waals surface area (Å²) >= 11 is 0. The van der Waals surface area contributed by atoms with Crippen LogP contribution >= 0.6 is 0 Å². The Kier molecular flexibility index (Phi) is 4.54. The second-order valence-corrected chi connectivity index (χ2v) is 4.01. The molecule has 1 aromatic heterocycles. The van der Waals surface area contributed by atoms with E-state index in [2.05, 4.69) is 10.1 Å². The minimum Gasteiger partial charge on any atom is -0.482 e. The van der Waals surface area contributed by atoms with Crippen molar-refractivity contribution in [1.82, 2.24) is 14.8 Å². The monoisotopic (exact) mass is 276 g/mol. The van der Waals surface area contributed by atoms with Crippen molar-refractivity contribution >= 4 is 11.7 Å². The standard InChI is InChI=1S/C13H16N4O3/c1-2-17-12(15-9-16-17)7-20-13(18)8-19-11-5-3-4-10(14)6-11/h3-6,9H,2,7-8,14H2,1H3. The number of nitrogen functional groups attached to an aromatic ring is 1. The summed E-state index contributed by atoms with van der Waals surface area (Å²) < 4.78 is 12.0. The molecule has 0 spiro atoms. The molecule has 0 aliphatic carbocycles. The third kappa shape index (κ3) is 3.71. The molecule has 0 saturated carbocycles. The molecular weight excluding hydrogens is 260 g/mol. The van der Waals surface area contributed by atoms with Crippen molar-refractivity contribution in [1.29, 1.82) is 0 Å². The van der Waals surface area contributed by atoms with Gasteiger partial charge in [-0.3, -0.25) is 0 Å². The van der Waals surface area contributed by atoms with Crippen LogP contribution in [0, 0.1) is 0 Å². The van der Waals surface area contributed by atoms with Crippen molar-refractivity contribution < 1.29 is 14.3 Å². The Labute approximate surface area is 116 Å². The summed E-state index contributed by atoms with van der Waals surface area (Å²) in [6, 6.07) is 6.85. The molecule has 2 rings (SSSR count). The lowest BCUT2D eigenvalue weighted by molar-refractivity contribution is -0.147. The smallest absolute Gasteiger partial charge is 0.344 e. The van der Waals surface area contributed by atoms with Crippen LogP contribution in [0.4, 0.5) is 5.69 Å². The maximum atomic E-state index is 11.6. The zero-order valence-corrected chi connectivity index (χ0v) is 11.2. The van der Waals surface area contributed by atoms with Crippen LogP contribution < -0.4 is 10.5 Å². The van der Waals surface area contributed by atoms with Gasteiger partial charge in [-0.1, -0.05) is 6.07 Å². The first-order valence-corrected chi connectivity index (χ1v) is 6.19. The van der Waals surface area contributed by atoms with Gasteiger partial charge in [0.2, 0.25) is 0 Å². The Morgan fingerprint density at radius 3 is 3.05 bits per heavy atom. The van der Waals surface area contributed by atoms with Gasteiger partial charge in [0.05, 0.1) is 0 Å². The number of nitrogens with zero attached hydrogens (tertiary/aromatic N) is 3. The SMILES string of the molecule is CCn1ncnc1COC(=O)COc1cccc(N)c1. The molecule has 1 aromatic carbocycles. The molecule has 2 N–H and O–H groups in total. The molecule has 0 aliphatic rings. The maximum Gasteiger partial charge on any atom is 0.344 e. The second-order valence-electron chi connectivity index (χ2n) is 4.01. The van der Waals surface area contributed by atoms with Crippen LogP contribution in [0.2, 0.25) is 0 Å². The quantitative estimate of drug-likeness (QED) is 0.625. The van der Waals surface area contributed by atoms with E-state index in [0.29, 0.717) is 23.8 Å². The molecule has 0 fully saturated rings. The average molecular weight is 276 g/mol. The molecule has 0 amide bonds. The van der Waals surface area contributed by atoms with Crippen LogP contribution in [0.3, 0.4) is 0 Å². The van der Waals surface area contributed by atoms with Crippen molar-refractivity contribution in [2.24, 2.45) is 0 Å². The van der Waals surface area contributed by atoms with Crippen LogP contribution in [0.15, 0.2) is 30.6 Å². The molecule has 7 heteroatoms. The number of anilines is 1. The van der Waals surface area contributed by atoms with Crippen molar-refractivity contribution in [3.05, 3.63) is 36.4 Å². The lowest BCUT2D eigenvalue weighted by Crippen LogP contribution is -2.16. The van der Waals surface area contributed by atoms with Gasteiger partial charge in [-0.15, -0.1) is 0 Å². The van der Waals surface area contributed by atoms with Gasteiger partial charge in [0, 0.05) is 18.3 Å². The molecule has 2 aromatic rings. The largest absolute Gasteiger partial charge is 0.482 e. The topological polar surface area (TPSA) is 92.3 Å². The highest BCUT2D eigenvalue weighted by Gasteiger charge is 2.08. The molecule has 20 heavy (non-hydrogen) atoms. The van der Waals surface area contributed by atoms with E-state index >= 15 is 0 Å². The summed E-state index contributed by atoms with van der Waals surface area (Å²) in [4.78, 5) is 15.6. The third-order valence-electron chi connectivity index (χ3n) is 2.57. The summed E-state index contributed by atoms with van der Waals surface area (Å²) in [5.41, 5.74) is 6.18. The Bertz CT molecular complexity index is 583. The van der Waals surface area contributed by atoms with Gasteiger partial charge in [0.25, 0.3) is 0 Å². The molecule has 0 radical (unpaired) electrons. The van der Waals surface area contributed by atoms with Gasteiger partial charge in [-0.25, -0.2) is 14.5 Å². The van der Waals surface area contributed by atoms with Crippen LogP contribution in [0.1, 0.15) is 12.7 Å². The van der Waals surface area contributed by atoms with Gasteiger partial charge in [0.1, 0.15) is 12.1 Å². The molecule has 0 unspecified atom stereocenters. The molecule has 106 valence electrons. The first kappa shape index (κ1) is 13.9. The van der Waals surface area contributed by atoms with Crippen molar-refractivity contribution in [2.45, 2.75) is 20.1 Å². The number of ether oxygens (including phenoxy) is 2. The van der Waals surface area contributed by atoms with Crippen LogP contribution in [-0.2, 0) is 22.7 Å². The van der Waals surface area contributed by atoms with Gasteiger partial charge < -0.3 is 15.2 Å². The lowest BCUT2D eigenvalue weighted by atomic mass is 10.3. The summed E-state index contributed by atoms with van der Waals surface area (Å²) in [5, 5.41) is 3.99. The second kappa shape index (κ2) is 6.55. The Hall–Kier alpha value is -2.57. The number of rotatable bonds is 6. The average Bonchev–Trinajstić information content (AvgIpc) is 2.90. The maximum absolute atomic E-state index is 11.6. The fourth-order valence-electron chi connectivity index (χ4n) is 1.60. The van der Waals surface area contributed by atoms with Crippen LogP contribution in [0.5, 0.6) is 5.75 Å². The van der Waals surface area contributed by atoms with E-state index in [-0.39, 0.29) is 13.2 Å². The highest BCUT2D eigenvalue weighted by molar-refractivity contribution is 5.71. The first-order chi connectivity index (χ1) is 9.69. The number of hydrogen-bond donors (Lipinski definition) is 1. The number of carbonyl (C=O) groups excluding carboxylic acids is 1. The van der Waals surface area contributed by atoms with Crippen molar-refractivity contribution in [2.75, 3.05) is 12.3 Å². The van der Waals surface area contributed by atoms with Gasteiger partial charge in [0.15, 0.2) is 19.0 Å². The zero-order valence-electron chi connectivity index (χ0n) is 11.2. The highest BCUT2D eigenvalue weighted by Crippen LogP contribution is 2.14. The van der Waals surface area contributed by atoms with Crippen LogP contribution in [0.25, 0.3) is 0 Å². The molecule has 7 nitrogen and oxygen atoms in total. The highest BCUT2D eigenvalue weighted by atomic mass is 16.6. The van der Waals surface area contributed by atoms with E-state index in [1.165, 1.54) is 6.33 Å². The molecule has 0 atom stereocenters. The Balaban J connectivity index is 1.78. The van der Waals surface area contributed by atoms with Crippen molar-refractivity contribution in [3.8, 4) is 5.75 Å². The molecule has 1 heterocycles. The number of aromatic nitrogens is 3. The van der Waals surface area contributed by atoms with Crippen LogP contribution in [-0.4, -0.2) is 27.3 Å². The number of esters is 1. The predicted molar refractivity (Wildman–Crippen MR) is 71.8 cm³/mol. The Morgan fingerprint density at radius 1 is 1.45 bits per heavy atom. The van der Waals surface area contributed by atoms with E-state index in [9.17, 15) is 4.79 Å². The number of hydrogen-bond acceptors (Lipinski definition) is 6. The number of aryl methyl sites for hydroxylation is 1. The summed E-state index contributed by atoms with van der Waals surface area (Å²) in [6.07, 6.45) is 1.43. The van der Waals surface area contributed by atoms with E-state index in [1.54, 1.807) is 28.9 Å². The van der Waals surface area contributed by atoms with E-state index in [4.69, 9.17) is 15.2 Å². The van der Waals surface area contributed by atoms with Crippen molar-refractivity contribution in [3.63, 3.8) is 0 Å². The van der Waals surface area contributed by atoms with Gasteiger partial charge >= 0.3 is 5.97 Å². The number of nitrogens with two attached hydrogens (primary N) is 1. The molecule has 0 saturated heterocycles. The fourth-order valence-corrected chi connectivity index (χ4v) is 1.60.